The normalized spacial score (nSPS) is 12.2. The minimum atomic E-state index is -0.291. The van der Waals surface area contributed by atoms with Gasteiger partial charge in [-0.15, -0.1) is 11.8 Å². The number of nitrogens with zero attached hydrogens (tertiary/aromatic N) is 1. The van der Waals surface area contributed by atoms with Crippen molar-refractivity contribution in [3.8, 4) is 0 Å². The lowest BCUT2D eigenvalue weighted by atomic mass is 10.2. The van der Waals surface area contributed by atoms with E-state index in [1.54, 1.807) is 26.2 Å². The number of pyridine rings is 1. The summed E-state index contributed by atoms with van der Waals surface area (Å²) in [5.74, 6) is -0.235. The second-order valence-electron chi connectivity index (χ2n) is 3.60. The number of carbonyl (C=O) groups is 1. The molecule has 0 aliphatic carbocycles. The maximum absolute atomic E-state index is 11.6. The smallest absolute Gasteiger partial charge is 0.319 e. The van der Waals surface area contributed by atoms with Crippen LogP contribution in [0.2, 0.25) is 0 Å². The van der Waals surface area contributed by atoms with Gasteiger partial charge in [-0.2, -0.15) is 0 Å². The summed E-state index contributed by atoms with van der Waals surface area (Å²) >= 11 is 4.83. The Kier molecular flexibility index (Phi) is 6.67. The third kappa shape index (κ3) is 4.26. The zero-order valence-corrected chi connectivity index (χ0v) is 12.8. The van der Waals surface area contributed by atoms with Crippen LogP contribution in [-0.2, 0) is 16.0 Å². The zero-order chi connectivity index (χ0) is 13.5. The van der Waals surface area contributed by atoms with Crippen LogP contribution in [0.25, 0.3) is 0 Å². The van der Waals surface area contributed by atoms with E-state index in [4.69, 9.17) is 9.84 Å². The summed E-state index contributed by atoms with van der Waals surface area (Å²) in [5.41, 5.74) is 0.924. The molecule has 100 valence electrons. The van der Waals surface area contributed by atoms with Gasteiger partial charge in [0.05, 0.1) is 6.61 Å². The Morgan fingerprint density at radius 2 is 2.33 bits per heavy atom. The number of halogens is 1. The van der Waals surface area contributed by atoms with E-state index in [-0.39, 0.29) is 17.8 Å². The molecule has 1 aromatic heterocycles. The van der Waals surface area contributed by atoms with Crippen molar-refractivity contribution < 1.29 is 14.6 Å². The summed E-state index contributed by atoms with van der Waals surface area (Å²) in [7, 11) is 0. The molecule has 0 saturated carbocycles. The number of thioether (sulfide) groups is 1. The largest absolute Gasteiger partial charge is 0.465 e. The molecule has 0 radical (unpaired) electrons. The second-order valence-corrected chi connectivity index (χ2v) is 5.80. The number of esters is 1. The third-order valence-electron chi connectivity index (χ3n) is 2.22. The monoisotopic (exact) mass is 333 g/mol. The minimum Gasteiger partial charge on any atom is -0.465 e. The number of carbonyl (C=O) groups excluding carboxylic acids is 1. The molecule has 0 aliphatic rings. The van der Waals surface area contributed by atoms with Crippen molar-refractivity contribution in [1.82, 2.24) is 4.98 Å². The first-order valence-corrected chi connectivity index (χ1v) is 7.34. The molecule has 0 saturated heterocycles. The average molecular weight is 334 g/mol. The van der Waals surface area contributed by atoms with Crippen molar-refractivity contribution in [2.24, 2.45) is 0 Å². The highest BCUT2D eigenvalue weighted by atomic mass is 79.9. The summed E-state index contributed by atoms with van der Waals surface area (Å²) in [4.78, 5) is 16.6. The first-order valence-electron chi connectivity index (χ1n) is 5.66. The van der Waals surface area contributed by atoms with Crippen LogP contribution in [0.5, 0.6) is 0 Å². The number of aromatic nitrogens is 1. The van der Waals surface area contributed by atoms with Crippen LogP contribution in [0.1, 0.15) is 19.4 Å². The molecule has 0 spiro atoms. The Bertz CT molecular complexity index is 414. The first kappa shape index (κ1) is 15.5. The van der Waals surface area contributed by atoms with Crippen LogP contribution in [-0.4, -0.2) is 34.5 Å². The minimum absolute atomic E-state index is 0.0550. The Hall–Kier alpha value is -0.590. The van der Waals surface area contributed by atoms with E-state index in [1.807, 2.05) is 0 Å². The average Bonchev–Trinajstić information content (AvgIpc) is 2.34. The summed E-state index contributed by atoms with van der Waals surface area (Å²) in [5, 5.41) is 8.73. The molecule has 1 rings (SSSR count). The van der Waals surface area contributed by atoms with Crippen molar-refractivity contribution in [1.29, 1.82) is 0 Å². The molecule has 0 aliphatic heterocycles. The van der Waals surface area contributed by atoms with Crippen LogP contribution in [0.3, 0.4) is 0 Å². The molecule has 4 nitrogen and oxygen atoms in total. The van der Waals surface area contributed by atoms with Gasteiger partial charge in [0.15, 0.2) is 0 Å². The highest BCUT2D eigenvalue weighted by Gasteiger charge is 2.19. The quantitative estimate of drug-likeness (QED) is 0.640. The lowest BCUT2D eigenvalue weighted by Crippen LogP contribution is -2.17. The van der Waals surface area contributed by atoms with Crippen LogP contribution in [0.4, 0.5) is 0 Å². The highest BCUT2D eigenvalue weighted by Crippen LogP contribution is 2.33. The maximum Gasteiger partial charge on any atom is 0.319 e. The third-order valence-corrected chi connectivity index (χ3v) is 4.35. The lowest BCUT2D eigenvalue weighted by Gasteiger charge is -2.14. The summed E-state index contributed by atoms with van der Waals surface area (Å²) in [6, 6.07) is 0. The second kappa shape index (κ2) is 7.76. The SMILES string of the molecule is CCOC(=O)C(C)Sc1c(Br)cncc1CCO. The molecule has 1 unspecified atom stereocenters. The first-order chi connectivity index (χ1) is 8.60. The zero-order valence-electron chi connectivity index (χ0n) is 10.4. The van der Waals surface area contributed by atoms with Crippen LogP contribution < -0.4 is 0 Å². The van der Waals surface area contributed by atoms with Gasteiger partial charge in [0.2, 0.25) is 0 Å². The van der Waals surface area contributed by atoms with Gasteiger partial charge in [0.25, 0.3) is 0 Å². The Morgan fingerprint density at radius 1 is 1.61 bits per heavy atom. The molecule has 1 atom stereocenters. The molecule has 1 N–H and O–H groups in total. The fourth-order valence-electron chi connectivity index (χ4n) is 1.38. The standard InChI is InChI=1S/C12H16BrNO3S/c1-3-17-12(16)8(2)18-11-9(4-5-15)6-14-7-10(11)13/h6-8,15H,3-5H2,1-2H3. The van der Waals surface area contributed by atoms with Crippen molar-refractivity contribution in [3.63, 3.8) is 0 Å². The van der Waals surface area contributed by atoms with Crippen molar-refractivity contribution in [2.45, 2.75) is 30.4 Å². The number of aliphatic hydroxyl groups is 1. The van der Waals surface area contributed by atoms with Gasteiger partial charge in [-0.05, 0) is 41.8 Å². The van der Waals surface area contributed by atoms with E-state index in [0.717, 1.165) is 14.9 Å². The molecule has 6 heteroatoms. The highest BCUT2D eigenvalue weighted by molar-refractivity contribution is 9.10. The van der Waals surface area contributed by atoms with E-state index >= 15 is 0 Å². The Balaban J connectivity index is 2.85. The van der Waals surface area contributed by atoms with E-state index in [0.29, 0.717) is 13.0 Å². The summed E-state index contributed by atoms with van der Waals surface area (Å²) in [6.45, 7) is 4.03. The molecule has 0 aromatic carbocycles. The Morgan fingerprint density at radius 3 is 2.94 bits per heavy atom. The van der Waals surface area contributed by atoms with Crippen molar-refractivity contribution in [2.75, 3.05) is 13.2 Å². The fraction of sp³-hybridized carbons (Fsp3) is 0.500. The van der Waals surface area contributed by atoms with E-state index in [1.165, 1.54) is 11.8 Å². The maximum atomic E-state index is 11.6. The molecule has 18 heavy (non-hydrogen) atoms. The molecule has 0 fully saturated rings. The van der Waals surface area contributed by atoms with E-state index < -0.39 is 0 Å². The van der Waals surface area contributed by atoms with Crippen molar-refractivity contribution in [3.05, 3.63) is 22.4 Å². The van der Waals surface area contributed by atoms with Gasteiger partial charge in [-0.3, -0.25) is 9.78 Å². The van der Waals surface area contributed by atoms with Gasteiger partial charge in [0.1, 0.15) is 5.25 Å². The molecule has 1 aromatic rings. The van der Waals surface area contributed by atoms with Gasteiger partial charge in [-0.1, -0.05) is 0 Å². The van der Waals surface area contributed by atoms with Crippen LogP contribution in [0, 0.1) is 0 Å². The number of aliphatic hydroxyl groups excluding tert-OH is 1. The number of ether oxygens (including phenoxy) is 1. The van der Waals surface area contributed by atoms with Crippen molar-refractivity contribution >= 4 is 33.7 Å². The molecule has 0 amide bonds. The summed E-state index contributed by atoms with van der Waals surface area (Å²) < 4.78 is 5.80. The molecular weight excluding hydrogens is 318 g/mol. The number of rotatable bonds is 6. The molecular formula is C12H16BrNO3S. The Labute approximate surface area is 119 Å². The van der Waals surface area contributed by atoms with Gasteiger partial charge >= 0.3 is 5.97 Å². The number of hydrogen-bond donors (Lipinski definition) is 1. The van der Waals surface area contributed by atoms with E-state index in [9.17, 15) is 4.79 Å². The van der Waals surface area contributed by atoms with E-state index in [2.05, 4.69) is 20.9 Å². The van der Waals surface area contributed by atoms with Crippen LogP contribution >= 0.6 is 27.7 Å². The lowest BCUT2D eigenvalue weighted by molar-refractivity contribution is -0.142. The van der Waals surface area contributed by atoms with Gasteiger partial charge in [0, 0.05) is 28.4 Å². The van der Waals surface area contributed by atoms with Gasteiger partial charge < -0.3 is 9.84 Å². The fourth-order valence-corrected chi connectivity index (χ4v) is 3.02. The topological polar surface area (TPSA) is 59.4 Å². The van der Waals surface area contributed by atoms with Crippen LogP contribution in [0.15, 0.2) is 21.8 Å². The number of hydrogen-bond acceptors (Lipinski definition) is 5. The predicted molar refractivity (Wildman–Crippen MR) is 74.7 cm³/mol. The molecule has 1 heterocycles. The summed E-state index contributed by atoms with van der Waals surface area (Å²) in [6.07, 6.45) is 3.91. The predicted octanol–water partition coefficient (Wildman–Crippen LogP) is 2.42. The van der Waals surface area contributed by atoms with Gasteiger partial charge in [-0.25, -0.2) is 0 Å². The molecule has 0 bridgehead atoms.